The largest absolute Gasteiger partial charge is 0.573 e. The van der Waals surface area contributed by atoms with Crippen molar-refractivity contribution in [1.82, 2.24) is 0 Å². The van der Waals surface area contributed by atoms with Gasteiger partial charge in [-0.15, -0.1) is 13.2 Å². The number of nitrogens with two attached hydrogens (primary N) is 1. The lowest BCUT2D eigenvalue weighted by atomic mass is 10.1. The molecule has 8 heteroatoms. The van der Waals surface area contributed by atoms with Gasteiger partial charge in [-0.05, 0) is 30.2 Å². The Labute approximate surface area is 112 Å². The maximum Gasteiger partial charge on any atom is 0.573 e. The van der Waals surface area contributed by atoms with Gasteiger partial charge in [0, 0.05) is 5.02 Å². The molecular formula is C11H11ClF3NO3. The van der Waals surface area contributed by atoms with Crippen molar-refractivity contribution in [3.8, 4) is 5.75 Å². The summed E-state index contributed by atoms with van der Waals surface area (Å²) < 4.78 is 44.4. The third kappa shape index (κ3) is 4.96. The molecule has 0 saturated heterocycles. The van der Waals surface area contributed by atoms with Crippen LogP contribution in [0, 0.1) is 0 Å². The molecule has 0 aliphatic carbocycles. The van der Waals surface area contributed by atoms with Gasteiger partial charge in [-0.25, -0.2) is 0 Å². The van der Waals surface area contributed by atoms with Crippen LogP contribution < -0.4 is 10.5 Å². The molecular weight excluding hydrogens is 287 g/mol. The lowest BCUT2D eigenvalue weighted by Gasteiger charge is -2.13. The number of hydrogen-bond acceptors (Lipinski definition) is 4. The van der Waals surface area contributed by atoms with E-state index >= 15 is 0 Å². The molecule has 1 atom stereocenters. The Morgan fingerprint density at radius 1 is 1.47 bits per heavy atom. The van der Waals surface area contributed by atoms with Crippen LogP contribution in [0.4, 0.5) is 13.2 Å². The van der Waals surface area contributed by atoms with Crippen LogP contribution in [0.1, 0.15) is 5.56 Å². The van der Waals surface area contributed by atoms with Crippen LogP contribution in [-0.2, 0) is 16.0 Å². The molecule has 0 aromatic heterocycles. The minimum absolute atomic E-state index is 0.0550. The van der Waals surface area contributed by atoms with Crippen LogP contribution in [0.3, 0.4) is 0 Å². The fourth-order valence-corrected chi connectivity index (χ4v) is 1.57. The van der Waals surface area contributed by atoms with E-state index in [1.807, 2.05) is 0 Å². The predicted octanol–water partition coefficient (Wildman–Crippen LogP) is 2.28. The standard InChI is InChI=1S/C11H11ClF3NO3/c1-18-10(17)9(16)5-6-4-7(2-3-8(6)12)19-11(13,14)15/h2-4,9H,5,16H2,1H3/t9-/m1/s1. The Morgan fingerprint density at radius 3 is 2.63 bits per heavy atom. The number of alkyl halides is 3. The highest BCUT2D eigenvalue weighted by Gasteiger charge is 2.31. The lowest BCUT2D eigenvalue weighted by Crippen LogP contribution is -2.33. The van der Waals surface area contributed by atoms with Gasteiger partial charge in [0.15, 0.2) is 0 Å². The summed E-state index contributed by atoms with van der Waals surface area (Å²) in [6.07, 6.45) is -4.85. The minimum Gasteiger partial charge on any atom is -0.468 e. The molecule has 0 fully saturated rings. The van der Waals surface area contributed by atoms with Crippen molar-refractivity contribution >= 4 is 17.6 Å². The molecule has 0 spiro atoms. The highest BCUT2D eigenvalue weighted by atomic mass is 35.5. The monoisotopic (exact) mass is 297 g/mol. The topological polar surface area (TPSA) is 61.5 Å². The molecule has 0 heterocycles. The van der Waals surface area contributed by atoms with Crippen molar-refractivity contribution < 1.29 is 27.4 Å². The molecule has 1 rings (SSSR count). The van der Waals surface area contributed by atoms with Crippen LogP contribution in [-0.4, -0.2) is 25.5 Å². The first kappa shape index (κ1) is 15.6. The number of rotatable bonds is 4. The van der Waals surface area contributed by atoms with Crippen molar-refractivity contribution in [3.05, 3.63) is 28.8 Å². The van der Waals surface area contributed by atoms with Crippen molar-refractivity contribution in [2.75, 3.05) is 7.11 Å². The molecule has 19 heavy (non-hydrogen) atoms. The van der Waals surface area contributed by atoms with Crippen LogP contribution in [0.5, 0.6) is 5.75 Å². The van der Waals surface area contributed by atoms with E-state index < -0.39 is 24.1 Å². The summed E-state index contributed by atoms with van der Waals surface area (Å²) in [5, 5.41) is 0.189. The maximum atomic E-state index is 12.1. The third-order valence-corrected chi connectivity index (χ3v) is 2.56. The van der Waals surface area contributed by atoms with E-state index in [-0.39, 0.29) is 17.0 Å². The van der Waals surface area contributed by atoms with Crippen molar-refractivity contribution in [3.63, 3.8) is 0 Å². The number of carbonyl (C=O) groups is 1. The van der Waals surface area contributed by atoms with Gasteiger partial charge in [-0.3, -0.25) is 4.79 Å². The molecule has 0 amide bonds. The highest BCUT2D eigenvalue weighted by molar-refractivity contribution is 6.31. The highest BCUT2D eigenvalue weighted by Crippen LogP contribution is 2.27. The molecule has 0 saturated carbocycles. The van der Waals surface area contributed by atoms with Crippen LogP contribution in [0.15, 0.2) is 18.2 Å². The Kier molecular flexibility index (Phi) is 5.02. The van der Waals surface area contributed by atoms with E-state index in [4.69, 9.17) is 17.3 Å². The van der Waals surface area contributed by atoms with Crippen LogP contribution in [0.2, 0.25) is 5.02 Å². The number of carbonyl (C=O) groups excluding carboxylic acids is 1. The fraction of sp³-hybridized carbons (Fsp3) is 0.364. The molecule has 106 valence electrons. The lowest BCUT2D eigenvalue weighted by molar-refractivity contribution is -0.274. The molecule has 1 aromatic rings. The summed E-state index contributed by atoms with van der Waals surface area (Å²) in [7, 11) is 1.16. The van der Waals surface area contributed by atoms with Gasteiger partial charge in [0.1, 0.15) is 11.8 Å². The zero-order valence-electron chi connectivity index (χ0n) is 9.83. The average molecular weight is 298 g/mol. The normalized spacial score (nSPS) is 12.9. The minimum atomic E-state index is -4.80. The van der Waals surface area contributed by atoms with Gasteiger partial charge >= 0.3 is 12.3 Å². The van der Waals surface area contributed by atoms with E-state index in [0.717, 1.165) is 19.2 Å². The number of benzene rings is 1. The van der Waals surface area contributed by atoms with Gasteiger partial charge < -0.3 is 15.2 Å². The van der Waals surface area contributed by atoms with Crippen molar-refractivity contribution in [2.24, 2.45) is 5.73 Å². The maximum absolute atomic E-state index is 12.1. The van der Waals surface area contributed by atoms with Gasteiger partial charge in [-0.1, -0.05) is 11.6 Å². The summed E-state index contributed by atoms with van der Waals surface area (Å²) in [6, 6.07) is 2.38. The zero-order chi connectivity index (χ0) is 14.6. The summed E-state index contributed by atoms with van der Waals surface area (Å²) in [6.45, 7) is 0. The number of halogens is 4. The average Bonchev–Trinajstić information content (AvgIpc) is 2.30. The second kappa shape index (κ2) is 6.12. The van der Waals surface area contributed by atoms with Gasteiger partial charge in [0.25, 0.3) is 0 Å². The second-order valence-electron chi connectivity index (χ2n) is 3.63. The van der Waals surface area contributed by atoms with Gasteiger partial charge in [0.05, 0.1) is 7.11 Å². The molecule has 0 aliphatic heterocycles. The predicted molar refractivity (Wildman–Crippen MR) is 61.8 cm³/mol. The Balaban J connectivity index is 2.88. The quantitative estimate of drug-likeness (QED) is 0.866. The van der Waals surface area contributed by atoms with Gasteiger partial charge in [0.2, 0.25) is 0 Å². The molecule has 0 unspecified atom stereocenters. The molecule has 2 N–H and O–H groups in total. The third-order valence-electron chi connectivity index (χ3n) is 2.19. The SMILES string of the molecule is COC(=O)[C@H](N)Cc1cc(OC(F)(F)F)ccc1Cl. The number of hydrogen-bond donors (Lipinski definition) is 1. The summed E-state index contributed by atoms with van der Waals surface area (Å²) in [5.41, 5.74) is 5.77. The number of esters is 1. The van der Waals surface area contributed by atoms with E-state index in [0.29, 0.717) is 0 Å². The van der Waals surface area contributed by atoms with E-state index in [1.54, 1.807) is 0 Å². The molecule has 0 bridgehead atoms. The molecule has 0 radical (unpaired) electrons. The van der Waals surface area contributed by atoms with E-state index in [2.05, 4.69) is 9.47 Å². The summed E-state index contributed by atoms with van der Waals surface area (Å²) in [4.78, 5) is 11.1. The van der Waals surface area contributed by atoms with Crippen molar-refractivity contribution in [1.29, 1.82) is 0 Å². The number of ether oxygens (including phenoxy) is 2. The fourth-order valence-electron chi connectivity index (χ4n) is 1.38. The van der Waals surface area contributed by atoms with Crippen LogP contribution in [0.25, 0.3) is 0 Å². The molecule has 1 aromatic carbocycles. The summed E-state index contributed by atoms with van der Waals surface area (Å²) in [5.74, 6) is -1.11. The van der Waals surface area contributed by atoms with Crippen molar-refractivity contribution in [2.45, 2.75) is 18.8 Å². The van der Waals surface area contributed by atoms with E-state index in [9.17, 15) is 18.0 Å². The first-order valence-corrected chi connectivity index (χ1v) is 5.48. The smallest absolute Gasteiger partial charge is 0.468 e. The number of methoxy groups -OCH3 is 1. The Hall–Kier alpha value is -1.47. The zero-order valence-corrected chi connectivity index (χ0v) is 10.6. The first-order valence-electron chi connectivity index (χ1n) is 5.10. The first-order chi connectivity index (χ1) is 8.73. The van der Waals surface area contributed by atoms with Gasteiger partial charge in [-0.2, -0.15) is 0 Å². The van der Waals surface area contributed by atoms with Crippen LogP contribution >= 0.6 is 11.6 Å². The Morgan fingerprint density at radius 2 is 2.11 bits per heavy atom. The summed E-state index contributed by atoms with van der Waals surface area (Å²) >= 11 is 5.81. The Bertz CT molecular complexity index is 465. The molecule has 4 nitrogen and oxygen atoms in total. The second-order valence-corrected chi connectivity index (χ2v) is 4.04. The molecule has 0 aliphatic rings. The van der Waals surface area contributed by atoms with E-state index in [1.165, 1.54) is 6.07 Å².